The number of nitrogens with zero attached hydrogens (tertiary/aromatic N) is 1. The van der Waals surface area contributed by atoms with Crippen molar-refractivity contribution in [2.75, 3.05) is 26.2 Å². The van der Waals surface area contributed by atoms with Crippen molar-refractivity contribution < 1.29 is 4.79 Å². The monoisotopic (exact) mass is 288 g/mol. The van der Waals surface area contributed by atoms with Crippen molar-refractivity contribution in [1.82, 2.24) is 10.2 Å². The van der Waals surface area contributed by atoms with Gasteiger partial charge in [0.1, 0.15) is 0 Å². The minimum Gasteiger partial charge on any atom is -0.352 e. The summed E-state index contributed by atoms with van der Waals surface area (Å²) in [6.45, 7) is 10.9. The van der Waals surface area contributed by atoms with Gasteiger partial charge in [-0.15, -0.1) is 0 Å². The molecule has 116 valence electrons. The number of rotatable bonds is 5. The van der Waals surface area contributed by atoms with E-state index in [0.717, 1.165) is 42.5 Å². The van der Waals surface area contributed by atoms with Gasteiger partial charge in [-0.05, 0) is 49.8 Å². The maximum atomic E-state index is 12.1. The molecule has 1 saturated heterocycles. The van der Waals surface area contributed by atoms with Crippen molar-refractivity contribution in [3.8, 4) is 0 Å². The fourth-order valence-corrected chi connectivity index (χ4v) is 3.40. The largest absolute Gasteiger partial charge is 0.352 e. The zero-order chi connectivity index (χ0) is 15.2. The Labute approximate surface area is 128 Å². The van der Waals surface area contributed by atoms with Crippen LogP contribution in [0.25, 0.3) is 0 Å². The molecule has 1 aromatic rings. The maximum Gasteiger partial charge on any atom is 0.251 e. The van der Waals surface area contributed by atoms with Crippen LogP contribution in [0.5, 0.6) is 0 Å². The molecule has 1 aromatic carbocycles. The summed E-state index contributed by atoms with van der Waals surface area (Å²) >= 11 is 0. The second kappa shape index (κ2) is 7.60. The van der Waals surface area contributed by atoms with Crippen molar-refractivity contribution in [2.45, 2.75) is 33.6 Å². The summed E-state index contributed by atoms with van der Waals surface area (Å²) in [7, 11) is 0. The van der Waals surface area contributed by atoms with Crippen LogP contribution >= 0.6 is 0 Å². The summed E-state index contributed by atoms with van der Waals surface area (Å²) < 4.78 is 0. The average Bonchev–Trinajstić information content (AvgIpc) is 2.43. The van der Waals surface area contributed by atoms with Gasteiger partial charge in [0, 0.05) is 25.2 Å². The number of nitrogens with one attached hydrogen (secondary N) is 1. The summed E-state index contributed by atoms with van der Waals surface area (Å²) in [4.78, 5) is 14.6. The molecule has 0 aliphatic carbocycles. The minimum atomic E-state index is 0.0495. The summed E-state index contributed by atoms with van der Waals surface area (Å²) in [6.07, 6.45) is 2.37. The smallest absolute Gasteiger partial charge is 0.251 e. The summed E-state index contributed by atoms with van der Waals surface area (Å²) in [6, 6.07) is 7.74. The molecule has 0 saturated carbocycles. The van der Waals surface area contributed by atoms with Crippen molar-refractivity contribution in [3.05, 3.63) is 35.4 Å². The maximum absolute atomic E-state index is 12.1. The van der Waals surface area contributed by atoms with Crippen LogP contribution < -0.4 is 5.32 Å². The predicted octanol–water partition coefficient (Wildman–Crippen LogP) is 3.09. The van der Waals surface area contributed by atoms with Gasteiger partial charge in [-0.1, -0.05) is 32.0 Å². The molecule has 2 atom stereocenters. The van der Waals surface area contributed by atoms with Crippen LogP contribution in [0.2, 0.25) is 0 Å². The van der Waals surface area contributed by atoms with Gasteiger partial charge < -0.3 is 10.2 Å². The zero-order valence-electron chi connectivity index (χ0n) is 13.6. The summed E-state index contributed by atoms with van der Waals surface area (Å²) in [5, 5.41) is 3.04. The molecule has 0 bridgehead atoms. The highest BCUT2D eigenvalue weighted by molar-refractivity contribution is 5.95. The Balaban J connectivity index is 1.70. The third-order valence-electron chi connectivity index (χ3n) is 4.27. The first-order valence-corrected chi connectivity index (χ1v) is 8.12. The molecule has 0 spiro atoms. The van der Waals surface area contributed by atoms with E-state index in [1.54, 1.807) is 0 Å². The lowest BCUT2D eigenvalue weighted by Gasteiger charge is -2.34. The van der Waals surface area contributed by atoms with E-state index in [9.17, 15) is 4.79 Å². The van der Waals surface area contributed by atoms with Crippen LogP contribution in [-0.4, -0.2) is 37.0 Å². The van der Waals surface area contributed by atoms with Crippen LogP contribution in [0.3, 0.4) is 0 Å². The molecule has 21 heavy (non-hydrogen) atoms. The first-order chi connectivity index (χ1) is 10.1. The third kappa shape index (κ3) is 4.85. The molecule has 1 aliphatic heterocycles. The Morgan fingerprint density at radius 2 is 1.90 bits per heavy atom. The molecule has 1 fully saturated rings. The van der Waals surface area contributed by atoms with Gasteiger partial charge in [-0.25, -0.2) is 0 Å². The van der Waals surface area contributed by atoms with Gasteiger partial charge in [0.25, 0.3) is 5.91 Å². The van der Waals surface area contributed by atoms with E-state index in [1.165, 1.54) is 19.5 Å². The van der Waals surface area contributed by atoms with Crippen LogP contribution in [0.1, 0.15) is 42.6 Å². The van der Waals surface area contributed by atoms with Crippen molar-refractivity contribution in [3.63, 3.8) is 0 Å². The van der Waals surface area contributed by atoms with E-state index >= 15 is 0 Å². The zero-order valence-corrected chi connectivity index (χ0v) is 13.6. The highest BCUT2D eigenvalue weighted by Gasteiger charge is 2.21. The van der Waals surface area contributed by atoms with Gasteiger partial charge in [-0.3, -0.25) is 4.79 Å². The number of benzene rings is 1. The van der Waals surface area contributed by atoms with Crippen molar-refractivity contribution in [2.24, 2.45) is 11.8 Å². The number of carbonyl (C=O) groups is 1. The lowest BCUT2D eigenvalue weighted by Crippen LogP contribution is -2.40. The minimum absolute atomic E-state index is 0.0495. The van der Waals surface area contributed by atoms with E-state index in [2.05, 4.69) is 24.1 Å². The first kappa shape index (κ1) is 16.0. The topological polar surface area (TPSA) is 32.3 Å². The quantitative estimate of drug-likeness (QED) is 0.844. The fraction of sp³-hybridized carbons (Fsp3) is 0.611. The SMILES string of the molecule is Cc1ccccc1C(=O)NCCCN1C[C@H](C)C[C@@H](C)C1. The van der Waals surface area contributed by atoms with E-state index < -0.39 is 0 Å². The number of hydrogen-bond donors (Lipinski definition) is 1. The number of amides is 1. The van der Waals surface area contributed by atoms with Gasteiger partial charge in [-0.2, -0.15) is 0 Å². The normalized spacial score (nSPS) is 23.0. The van der Waals surface area contributed by atoms with E-state index in [4.69, 9.17) is 0 Å². The van der Waals surface area contributed by atoms with E-state index in [-0.39, 0.29) is 5.91 Å². The standard InChI is InChI=1S/C18H28N2O/c1-14-11-15(2)13-20(12-14)10-6-9-19-18(21)17-8-5-4-7-16(17)3/h4-5,7-8,14-15H,6,9-13H2,1-3H3,(H,19,21)/t14-,15-/m1/s1. The van der Waals surface area contributed by atoms with Crippen LogP contribution in [0, 0.1) is 18.8 Å². The van der Waals surface area contributed by atoms with Crippen LogP contribution in [-0.2, 0) is 0 Å². The van der Waals surface area contributed by atoms with Gasteiger partial charge in [0.2, 0.25) is 0 Å². The molecule has 0 radical (unpaired) electrons. The van der Waals surface area contributed by atoms with E-state index in [1.807, 2.05) is 31.2 Å². The lowest BCUT2D eigenvalue weighted by molar-refractivity contribution is 0.0946. The number of piperidine rings is 1. The van der Waals surface area contributed by atoms with Crippen molar-refractivity contribution in [1.29, 1.82) is 0 Å². The van der Waals surface area contributed by atoms with Crippen LogP contribution in [0.4, 0.5) is 0 Å². The number of aryl methyl sites for hydroxylation is 1. The van der Waals surface area contributed by atoms with Gasteiger partial charge in [0.15, 0.2) is 0 Å². The second-order valence-electron chi connectivity index (χ2n) is 6.63. The molecule has 0 aromatic heterocycles. The average molecular weight is 288 g/mol. The second-order valence-corrected chi connectivity index (χ2v) is 6.63. The number of carbonyl (C=O) groups excluding carboxylic acids is 1. The van der Waals surface area contributed by atoms with Gasteiger partial charge in [0.05, 0.1) is 0 Å². The Hall–Kier alpha value is -1.35. The lowest BCUT2D eigenvalue weighted by atomic mass is 9.92. The number of likely N-dealkylation sites (tertiary alicyclic amines) is 1. The molecule has 3 nitrogen and oxygen atoms in total. The Kier molecular flexibility index (Phi) is 5.80. The first-order valence-electron chi connectivity index (χ1n) is 8.12. The molecule has 1 amide bonds. The molecule has 2 rings (SSSR count). The Morgan fingerprint density at radius 3 is 2.57 bits per heavy atom. The molecule has 1 N–H and O–H groups in total. The van der Waals surface area contributed by atoms with Crippen LogP contribution in [0.15, 0.2) is 24.3 Å². The van der Waals surface area contributed by atoms with E-state index in [0.29, 0.717) is 0 Å². The predicted molar refractivity (Wildman–Crippen MR) is 87.5 cm³/mol. The molecular weight excluding hydrogens is 260 g/mol. The molecular formula is C18H28N2O. The summed E-state index contributed by atoms with van der Waals surface area (Å²) in [5.74, 6) is 1.65. The van der Waals surface area contributed by atoms with Crippen molar-refractivity contribution >= 4 is 5.91 Å². The molecule has 1 heterocycles. The summed E-state index contributed by atoms with van der Waals surface area (Å²) in [5.41, 5.74) is 1.83. The molecule has 1 aliphatic rings. The fourth-order valence-electron chi connectivity index (χ4n) is 3.40. The highest BCUT2D eigenvalue weighted by Crippen LogP contribution is 2.20. The van der Waals surface area contributed by atoms with Gasteiger partial charge >= 0.3 is 0 Å². The Bertz CT molecular complexity index is 462. The molecule has 0 unspecified atom stereocenters. The molecule has 3 heteroatoms. The Morgan fingerprint density at radius 1 is 1.24 bits per heavy atom. The number of hydrogen-bond acceptors (Lipinski definition) is 2. The third-order valence-corrected chi connectivity index (χ3v) is 4.27. The highest BCUT2D eigenvalue weighted by atomic mass is 16.1.